The maximum atomic E-state index is 8.74. The average molecular weight is 218 g/mol. The number of rotatable bonds is 4. The van der Waals surface area contributed by atoms with Crippen LogP contribution in [0, 0.1) is 0 Å². The molecule has 0 aliphatic heterocycles. The highest BCUT2D eigenvalue weighted by Crippen LogP contribution is 2.27. The average Bonchev–Trinajstić information content (AvgIpc) is 2.30. The zero-order valence-electron chi connectivity index (χ0n) is 8.52. The number of fused-ring (bicyclic) bond motifs is 1. The van der Waals surface area contributed by atoms with Crippen molar-refractivity contribution in [3.8, 4) is 0 Å². The van der Waals surface area contributed by atoms with Crippen molar-refractivity contribution in [2.75, 3.05) is 12.4 Å². The molecule has 0 unspecified atom stereocenters. The molecule has 2 heteroatoms. The standard InChI is InChI=1S/C13H14OS/c14-9-4-10-15-13-8-3-6-11-5-1-2-7-12(11)13/h1-3,5-8,14H,4,9-10H2. The zero-order valence-corrected chi connectivity index (χ0v) is 9.33. The first kappa shape index (κ1) is 10.5. The fraction of sp³-hybridized carbons (Fsp3) is 0.231. The largest absolute Gasteiger partial charge is 0.396 e. The topological polar surface area (TPSA) is 20.2 Å². The molecule has 1 N–H and O–H groups in total. The van der Waals surface area contributed by atoms with Crippen molar-refractivity contribution in [2.45, 2.75) is 11.3 Å². The van der Waals surface area contributed by atoms with E-state index >= 15 is 0 Å². The molecule has 2 aromatic rings. The molecule has 0 aliphatic rings. The Kier molecular flexibility index (Phi) is 3.64. The molecule has 0 bridgehead atoms. The number of hydrogen-bond donors (Lipinski definition) is 1. The molecule has 2 rings (SSSR count). The first-order valence-corrected chi connectivity index (χ1v) is 6.12. The third-order valence-corrected chi connectivity index (χ3v) is 3.47. The summed E-state index contributed by atoms with van der Waals surface area (Å²) in [6, 6.07) is 14.8. The molecule has 0 heterocycles. The molecule has 2 aromatic carbocycles. The minimum absolute atomic E-state index is 0.276. The number of aliphatic hydroxyl groups excluding tert-OH is 1. The van der Waals surface area contributed by atoms with Gasteiger partial charge in [-0.25, -0.2) is 0 Å². The minimum Gasteiger partial charge on any atom is -0.396 e. The molecule has 0 fully saturated rings. The molecular weight excluding hydrogens is 204 g/mol. The summed E-state index contributed by atoms with van der Waals surface area (Å²) in [7, 11) is 0. The van der Waals surface area contributed by atoms with Crippen molar-refractivity contribution >= 4 is 22.5 Å². The predicted molar refractivity (Wildman–Crippen MR) is 66.4 cm³/mol. The van der Waals surface area contributed by atoms with Gasteiger partial charge in [-0.05, 0) is 23.3 Å². The maximum Gasteiger partial charge on any atom is 0.0439 e. The molecule has 1 nitrogen and oxygen atoms in total. The van der Waals surface area contributed by atoms with Gasteiger partial charge in [-0.2, -0.15) is 0 Å². The molecule has 0 spiro atoms. The van der Waals surface area contributed by atoms with E-state index in [1.54, 1.807) is 0 Å². The lowest BCUT2D eigenvalue weighted by atomic mass is 10.1. The van der Waals surface area contributed by atoms with Crippen LogP contribution in [0.4, 0.5) is 0 Å². The second-order valence-electron chi connectivity index (χ2n) is 3.40. The summed E-state index contributed by atoms with van der Waals surface area (Å²) in [6.07, 6.45) is 0.855. The van der Waals surface area contributed by atoms with E-state index in [1.807, 2.05) is 11.8 Å². The number of aliphatic hydroxyl groups is 1. The molecule has 0 aliphatic carbocycles. The predicted octanol–water partition coefficient (Wildman–Crippen LogP) is 3.31. The van der Waals surface area contributed by atoms with Crippen molar-refractivity contribution in [1.29, 1.82) is 0 Å². The molecule has 0 aromatic heterocycles. The smallest absolute Gasteiger partial charge is 0.0439 e. The summed E-state index contributed by atoms with van der Waals surface area (Å²) in [5.74, 6) is 0.977. The lowest BCUT2D eigenvalue weighted by Gasteiger charge is -2.05. The minimum atomic E-state index is 0.276. The van der Waals surface area contributed by atoms with Crippen molar-refractivity contribution in [2.24, 2.45) is 0 Å². The number of hydrogen-bond acceptors (Lipinski definition) is 2. The van der Waals surface area contributed by atoms with E-state index < -0.39 is 0 Å². The second kappa shape index (κ2) is 5.19. The van der Waals surface area contributed by atoms with Crippen molar-refractivity contribution < 1.29 is 5.11 Å². The van der Waals surface area contributed by atoms with Gasteiger partial charge in [-0.3, -0.25) is 0 Å². The normalized spacial score (nSPS) is 10.7. The van der Waals surface area contributed by atoms with Crippen molar-refractivity contribution in [1.82, 2.24) is 0 Å². The quantitative estimate of drug-likeness (QED) is 0.627. The Hall–Kier alpha value is -0.990. The highest BCUT2D eigenvalue weighted by atomic mass is 32.2. The van der Waals surface area contributed by atoms with Crippen LogP contribution < -0.4 is 0 Å². The van der Waals surface area contributed by atoms with Gasteiger partial charge >= 0.3 is 0 Å². The summed E-state index contributed by atoms with van der Waals surface area (Å²) in [5.41, 5.74) is 0. The Bertz CT molecular complexity index is 434. The third-order valence-electron chi connectivity index (χ3n) is 2.31. The summed E-state index contributed by atoms with van der Waals surface area (Å²) in [5, 5.41) is 11.3. The SMILES string of the molecule is OCCCSc1cccc2ccccc12. The third kappa shape index (κ3) is 2.52. The van der Waals surface area contributed by atoms with Crippen LogP contribution in [0.3, 0.4) is 0 Å². The lowest BCUT2D eigenvalue weighted by molar-refractivity contribution is 0.296. The van der Waals surface area contributed by atoms with Gasteiger partial charge in [0, 0.05) is 17.3 Å². The van der Waals surface area contributed by atoms with Crippen molar-refractivity contribution in [3.05, 3.63) is 42.5 Å². The first-order chi connectivity index (χ1) is 7.42. The van der Waals surface area contributed by atoms with E-state index in [2.05, 4.69) is 42.5 Å². The van der Waals surface area contributed by atoms with Gasteiger partial charge in [0.1, 0.15) is 0 Å². The summed E-state index contributed by atoms with van der Waals surface area (Å²) in [6.45, 7) is 0.276. The Balaban J connectivity index is 2.26. The van der Waals surface area contributed by atoms with Crippen LogP contribution in [0.25, 0.3) is 10.8 Å². The van der Waals surface area contributed by atoms with E-state index in [0.29, 0.717) is 0 Å². The second-order valence-corrected chi connectivity index (χ2v) is 4.54. The molecule has 0 saturated heterocycles. The Labute approximate surface area is 94.1 Å². The van der Waals surface area contributed by atoms with Gasteiger partial charge in [-0.1, -0.05) is 36.4 Å². The zero-order chi connectivity index (χ0) is 10.5. The number of benzene rings is 2. The summed E-state index contributed by atoms with van der Waals surface area (Å²) in [4.78, 5) is 1.31. The Morgan fingerprint density at radius 2 is 1.80 bits per heavy atom. The first-order valence-electron chi connectivity index (χ1n) is 5.13. The van der Waals surface area contributed by atoms with Gasteiger partial charge in [0.15, 0.2) is 0 Å². The molecule has 0 atom stereocenters. The van der Waals surface area contributed by atoms with Gasteiger partial charge in [0.2, 0.25) is 0 Å². The van der Waals surface area contributed by atoms with E-state index in [4.69, 9.17) is 5.11 Å². The van der Waals surface area contributed by atoms with Gasteiger partial charge in [-0.15, -0.1) is 11.8 Å². The Morgan fingerprint density at radius 1 is 1.00 bits per heavy atom. The van der Waals surface area contributed by atoms with Crippen LogP contribution in [0.5, 0.6) is 0 Å². The van der Waals surface area contributed by atoms with Crippen LogP contribution in [-0.4, -0.2) is 17.5 Å². The molecule has 0 radical (unpaired) electrons. The molecule has 0 saturated carbocycles. The number of thioether (sulfide) groups is 1. The van der Waals surface area contributed by atoms with Crippen LogP contribution in [0.2, 0.25) is 0 Å². The monoisotopic (exact) mass is 218 g/mol. The van der Waals surface area contributed by atoms with E-state index in [-0.39, 0.29) is 6.61 Å². The summed E-state index contributed by atoms with van der Waals surface area (Å²) < 4.78 is 0. The Morgan fingerprint density at radius 3 is 2.67 bits per heavy atom. The van der Waals surface area contributed by atoms with Gasteiger partial charge in [0.25, 0.3) is 0 Å². The molecular formula is C13H14OS. The molecule has 15 heavy (non-hydrogen) atoms. The van der Waals surface area contributed by atoms with E-state index in [0.717, 1.165) is 12.2 Å². The fourth-order valence-corrected chi connectivity index (χ4v) is 2.58. The van der Waals surface area contributed by atoms with Crippen LogP contribution in [0.1, 0.15) is 6.42 Å². The van der Waals surface area contributed by atoms with Crippen LogP contribution in [0.15, 0.2) is 47.4 Å². The summed E-state index contributed by atoms with van der Waals surface area (Å²) >= 11 is 1.81. The lowest BCUT2D eigenvalue weighted by Crippen LogP contribution is -1.86. The van der Waals surface area contributed by atoms with Gasteiger partial charge in [0.05, 0.1) is 0 Å². The maximum absolute atomic E-state index is 8.74. The van der Waals surface area contributed by atoms with Crippen molar-refractivity contribution in [3.63, 3.8) is 0 Å². The van der Waals surface area contributed by atoms with E-state index in [1.165, 1.54) is 15.7 Å². The molecule has 78 valence electrons. The van der Waals surface area contributed by atoms with Crippen LogP contribution in [-0.2, 0) is 0 Å². The highest BCUT2D eigenvalue weighted by molar-refractivity contribution is 7.99. The van der Waals surface area contributed by atoms with E-state index in [9.17, 15) is 0 Å². The van der Waals surface area contributed by atoms with Gasteiger partial charge < -0.3 is 5.11 Å². The highest BCUT2D eigenvalue weighted by Gasteiger charge is 1.99. The molecule has 0 amide bonds. The fourth-order valence-electron chi connectivity index (χ4n) is 1.57. The van der Waals surface area contributed by atoms with Crippen LogP contribution >= 0.6 is 11.8 Å².